The largest absolute Gasteiger partial charge is 0.493 e. The monoisotopic (exact) mass is 880 g/mol. The number of anilines is 2. The fourth-order valence-corrected chi connectivity index (χ4v) is 8.09. The number of para-hydroxylation sites is 1. The van der Waals surface area contributed by atoms with Crippen molar-refractivity contribution in [1.82, 2.24) is 0 Å². The Morgan fingerprint density at radius 1 is 0.556 bits per heavy atom. The molecule has 0 aromatic heterocycles. The molecule has 0 radical (unpaired) electrons. The second-order valence-electron chi connectivity index (χ2n) is 15.0. The molecule has 16 heteroatoms. The van der Waals surface area contributed by atoms with Crippen LogP contribution in [0.1, 0.15) is 38.3 Å². The molecule has 4 aliphatic heterocycles. The first-order chi connectivity index (χ1) is 31.0. The molecule has 4 aliphatic rings. The van der Waals surface area contributed by atoms with Crippen LogP contribution in [0.15, 0.2) is 76.7 Å². The van der Waals surface area contributed by atoms with E-state index in [0.717, 1.165) is 22.5 Å². The van der Waals surface area contributed by atoms with Crippen molar-refractivity contribution in [3.8, 4) is 28.7 Å². The zero-order chi connectivity index (χ0) is 43.5. The third-order valence-corrected chi connectivity index (χ3v) is 11.2. The quantitative estimate of drug-likeness (QED) is 0.0643. The molecule has 4 aromatic carbocycles. The van der Waals surface area contributed by atoms with Gasteiger partial charge in [0.1, 0.15) is 12.4 Å². The fourth-order valence-electron chi connectivity index (χ4n) is 7.96. The number of benzene rings is 4. The van der Waals surface area contributed by atoms with Gasteiger partial charge < -0.3 is 42.6 Å². The minimum atomic E-state index is -0.259. The molecule has 0 saturated heterocycles. The van der Waals surface area contributed by atoms with E-state index in [1.807, 2.05) is 54.9 Å². The smallest absolute Gasteiger partial charge is 0.261 e. The Bertz CT molecular complexity index is 2320. The normalized spacial score (nSPS) is 16.7. The average molecular weight is 881 g/mol. The molecule has 0 spiro atoms. The zero-order valence-corrected chi connectivity index (χ0v) is 36.4. The van der Waals surface area contributed by atoms with Crippen molar-refractivity contribution in [1.29, 1.82) is 0 Å². The number of thiol groups is 1. The maximum atomic E-state index is 14.2. The predicted octanol–water partition coefficient (Wildman–Crippen LogP) is 6.50. The van der Waals surface area contributed by atoms with Gasteiger partial charge in [0, 0.05) is 61.3 Å². The first kappa shape index (κ1) is 44.0. The van der Waals surface area contributed by atoms with Crippen LogP contribution in [-0.2, 0) is 31.8 Å². The first-order valence-corrected chi connectivity index (χ1v) is 21.8. The summed E-state index contributed by atoms with van der Waals surface area (Å²) in [6, 6.07) is 20.2. The summed E-state index contributed by atoms with van der Waals surface area (Å²) >= 11 is 4.10. The molecule has 15 nitrogen and oxygen atoms in total. The summed E-state index contributed by atoms with van der Waals surface area (Å²) in [5.41, 5.74) is 5.71. The van der Waals surface area contributed by atoms with E-state index >= 15 is 0 Å². The van der Waals surface area contributed by atoms with Gasteiger partial charge in [-0.05, 0) is 35.4 Å². The molecular formula is C47H52N4O11S. The lowest BCUT2D eigenvalue weighted by molar-refractivity contribution is -0.00318. The molecule has 4 heterocycles. The SMILES string of the molecule is COc1cc2c(cc1OCCCOc1cc3c(cc1OC)C(=O)N1c4cc(OCCOCCOCCOCCOCCS)ccc4C[C@H]1C=N3)N=C[C@@H]1Cc3ccccc3N1C2=O. The van der Waals surface area contributed by atoms with Crippen molar-refractivity contribution in [2.45, 2.75) is 31.3 Å². The number of ether oxygens (including phenoxy) is 9. The highest BCUT2D eigenvalue weighted by Gasteiger charge is 2.38. The number of hydrogen-bond donors (Lipinski definition) is 1. The Morgan fingerprint density at radius 2 is 1.06 bits per heavy atom. The second kappa shape index (κ2) is 21.1. The summed E-state index contributed by atoms with van der Waals surface area (Å²) in [7, 11) is 3.09. The van der Waals surface area contributed by atoms with Crippen LogP contribution in [0.25, 0.3) is 0 Å². The number of carbonyl (C=O) groups excluding carboxylic acids is 2. The number of nitrogens with zero attached hydrogens (tertiary/aromatic N) is 4. The minimum Gasteiger partial charge on any atom is -0.493 e. The lowest BCUT2D eigenvalue weighted by Crippen LogP contribution is -2.37. The highest BCUT2D eigenvalue weighted by atomic mass is 32.1. The third-order valence-electron chi connectivity index (χ3n) is 11.0. The molecule has 0 aliphatic carbocycles. The van der Waals surface area contributed by atoms with E-state index in [2.05, 4.69) is 12.6 Å². The average Bonchev–Trinajstić information content (AvgIpc) is 3.79. The van der Waals surface area contributed by atoms with Crippen molar-refractivity contribution in [3.05, 3.63) is 89.0 Å². The molecular weight excluding hydrogens is 829 g/mol. The van der Waals surface area contributed by atoms with Gasteiger partial charge in [0.2, 0.25) is 0 Å². The summed E-state index contributed by atoms with van der Waals surface area (Å²) in [5.74, 6) is 2.80. The van der Waals surface area contributed by atoms with Crippen LogP contribution in [0.3, 0.4) is 0 Å². The Balaban J connectivity index is 0.817. The van der Waals surface area contributed by atoms with E-state index in [4.69, 9.17) is 52.6 Å². The first-order valence-electron chi connectivity index (χ1n) is 21.2. The van der Waals surface area contributed by atoms with Crippen LogP contribution in [0.2, 0.25) is 0 Å². The number of carbonyl (C=O) groups is 2. The molecule has 0 fully saturated rings. The van der Waals surface area contributed by atoms with Gasteiger partial charge in [-0.2, -0.15) is 12.6 Å². The summed E-state index contributed by atoms with van der Waals surface area (Å²) in [6.45, 7) is 4.89. The van der Waals surface area contributed by atoms with Gasteiger partial charge in [0.05, 0.1) is 121 Å². The maximum Gasteiger partial charge on any atom is 0.261 e. The molecule has 8 rings (SSSR count). The van der Waals surface area contributed by atoms with Gasteiger partial charge in [-0.1, -0.05) is 24.3 Å². The fraction of sp³-hybridized carbons (Fsp3) is 0.404. The van der Waals surface area contributed by atoms with Crippen LogP contribution >= 0.6 is 12.6 Å². The number of methoxy groups -OCH3 is 2. The molecule has 63 heavy (non-hydrogen) atoms. The lowest BCUT2D eigenvalue weighted by atomic mass is 10.1. The van der Waals surface area contributed by atoms with Gasteiger partial charge in [0.25, 0.3) is 11.8 Å². The molecule has 332 valence electrons. The van der Waals surface area contributed by atoms with Gasteiger partial charge >= 0.3 is 0 Å². The van der Waals surface area contributed by atoms with Crippen LogP contribution in [0.5, 0.6) is 28.7 Å². The van der Waals surface area contributed by atoms with Crippen molar-refractivity contribution in [2.24, 2.45) is 9.98 Å². The molecule has 0 unspecified atom stereocenters. The standard InChI is InChI=1S/C47H52N4O11S/c1-54-42-25-36-38(48-29-33-22-31-6-3-4-7-40(31)50(33)46(36)52)27-44(42)61-10-5-11-62-45-28-39-37(26-43(45)55-2)47(53)51-34(30-49-39)23-32-8-9-35(24-41(32)51)60-19-18-58-15-14-56-12-13-57-16-17-59-20-21-63/h3-4,6-9,24-30,33-34,63H,5,10-23H2,1-2H3/t33-,34-/m0/s1. The van der Waals surface area contributed by atoms with Crippen LogP contribution < -0.4 is 33.5 Å². The molecule has 0 bridgehead atoms. The van der Waals surface area contributed by atoms with Gasteiger partial charge in [-0.15, -0.1) is 0 Å². The highest BCUT2D eigenvalue weighted by Crippen LogP contribution is 2.43. The number of rotatable bonds is 23. The molecule has 4 aromatic rings. The lowest BCUT2D eigenvalue weighted by Gasteiger charge is -2.22. The third kappa shape index (κ3) is 10.1. The van der Waals surface area contributed by atoms with E-state index in [-0.39, 0.29) is 23.9 Å². The van der Waals surface area contributed by atoms with Crippen LogP contribution in [0, 0.1) is 0 Å². The topological polar surface area (TPSA) is 148 Å². The Labute approximate surface area is 372 Å². The van der Waals surface area contributed by atoms with Crippen molar-refractivity contribution in [3.63, 3.8) is 0 Å². The van der Waals surface area contributed by atoms with E-state index in [1.165, 1.54) is 7.11 Å². The van der Waals surface area contributed by atoms with Gasteiger partial charge in [-0.3, -0.25) is 29.4 Å². The molecule has 0 N–H and O–H groups in total. The van der Waals surface area contributed by atoms with Crippen molar-refractivity contribution < 1.29 is 52.2 Å². The van der Waals surface area contributed by atoms with E-state index in [0.29, 0.717) is 149 Å². The van der Waals surface area contributed by atoms with E-state index < -0.39 is 0 Å². The van der Waals surface area contributed by atoms with Gasteiger partial charge in [0.15, 0.2) is 23.0 Å². The highest BCUT2D eigenvalue weighted by molar-refractivity contribution is 7.80. The number of aliphatic imine (C=N–C) groups is 2. The number of amides is 2. The van der Waals surface area contributed by atoms with Crippen LogP contribution in [-0.4, -0.2) is 129 Å². The summed E-state index contributed by atoms with van der Waals surface area (Å²) in [4.78, 5) is 41.0. The zero-order valence-electron chi connectivity index (χ0n) is 35.5. The second-order valence-corrected chi connectivity index (χ2v) is 15.4. The maximum absolute atomic E-state index is 14.2. The van der Waals surface area contributed by atoms with Gasteiger partial charge in [-0.25, -0.2) is 0 Å². The Morgan fingerprint density at radius 3 is 1.62 bits per heavy atom. The molecule has 2 amide bonds. The number of hydrogen-bond acceptors (Lipinski definition) is 14. The predicted molar refractivity (Wildman–Crippen MR) is 242 cm³/mol. The summed E-state index contributed by atoms with van der Waals surface area (Å²) in [6.07, 6.45) is 5.49. The van der Waals surface area contributed by atoms with E-state index in [9.17, 15) is 9.59 Å². The molecule has 2 atom stereocenters. The molecule has 0 saturated carbocycles. The van der Waals surface area contributed by atoms with Crippen molar-refractivity contribution >= 4 is 59.6 Å². The van der Waals surface area contributed by atoms with Crippen LogP contribution in [0.4, 0.5) is 22.7 Å². The number of fused-ring (bicyclic) bond motifs is 8. The summed E-state index contributed by atoms with van der Waals surface area (Å²) < 4.78 is 51.6. The Hall–Kier alpha value is -5.65. The van der Waals surface area contributed by atoms with E-state index in [1.54, 1.807) is 41.2 Å². The Kier molecular flexibility index (Phi) is 14.8. The summed E-state index contributed by atoms with van der Waals surface area (Å²) in [5, 5.41) is 0. The minimum absolute atomic E-state index is 0.127. The van der Waals surface area contributed by atoms with Crippen molar-refractivity contribution in [2.75, 3.05) is 102 Å².